The standard InChI is InChI=1S/C15H20N2O2/c1-11-2-4-12(5-3-11)16-15(14(18)19)8-9-17(10-15)13-6-7-13/h2-5,13,16H,6-10H2,1H3,(H,18,19). The van der Waals surface area contributed by atoms with Crippen molar-refractivity contribution in [3.63, 3.8) is 0 Å². The number of aryl methyl sites for hydroxylation is 1. The Bertz CT molecular complexity index is 481. The molecule has 2 N–H and O–H groups in total. The highest BCUT2D eigenvalue weighted by atomic mass is 16.4. The van der Waals surface area contributed by atoms with Crippen LogP contribution in [0.15, 0.2) is 24.3 Å². The van der Waals surface area contributed by atoms with E-state index in [-0.39, 0.29) is 0 Å². The number of nitrogens with zero attached hydrogens (tertiary/aromatic N) is 1. The van der Waals surface area contributed by atoms with E-state index in [9.17, 15) is 9.90 Å². The van der Waals surface area contributed by atoms with E-state index in [1.165, 1.54) is 18.4 Å². The van der Waals surface area contributed by atoms with Crippen LogP contribution in [0.4, 0.5) is 5.69 Å². The fourth-order valence-corrected chi connectivity index (χ4v) is 2.83. The molecule has 1 heterocycles. The molecule has 102 valence electrons. The summed E-state index contributed by atoms with van der Waals surface area (Å²) < 4.78 is 0. The van der Waals surface area contributed by atoms with Crippen molar-refractivity contribution in [3.05, 3.63) is 29.8 Å². The first-order valence-corrected chi connectivity index (χ1v) is 6.91. The molecule has 0 aromatic heterocycles. The third-order valence-corrected chi connectivity index (χ3v) is 4.21. The number of anilines is 1. The van der Waals surface area contributed by atoms with Crippen LogP contribution in [0, 0.1) is 6.92 Å². The van der Waals surface area contributed by atoms with E-state index >= 15 is 0 Å². The predicted molar refractivity (Wildman–Crippen MR) is 74.4 cm³/mol. The van der Waals surface area contributed by atoms with Crippen LogP contribution in [0.1, 0.15) is 24.8 Å². The zero-order chi connectivity index (χ0) is 13.5. The molecule has 1 aromatic rings. The van der Waals surface area contributed by atoms with Gasteiger partial charge in [-0.05, 0) is 38.3 Å². The van der Waals surface area contributed by atoms with Crippen molar-refractivity contribution in [1.82, 2.24) is 4.90 Å². The third-order valence-electron chi connectivity index (χ3n) is 4.21. The molecular formula is C15H20N2O2. The number of carboxylic acid groups (broad SMARTS) is 1. The molecule has 1 aliphatic heterocycles. The van der Waals surface area contributed by atoms with E-state index in [4.69, 9.17) is 0 Å². The summed E-state index contributed by atoms with van der Waals surface area (Å²) in [5.74, 6) is -0.740. The summed E-state index contributed by atoms with van der Waals surface area (Å²) >= 11 is 0. The molecule has 0 amide bonds. The summed E-state index contributed by atoms with van der Waals surface area (Å²) in [6, 6.07) is 8.55. The second kappa shape index (κ2) is 4.53. The Hall–Kier alpha value is -1.55. The number of hydrogen-bond acceptors (Lipinski definition) is 3. The van der Waals surface area contributed by atoms with Crippen molar-refractivity contribution in [2.45, 2.75) is 37.8 Å². The maximum Gasteiger partial charge on any atom is 0.330 e. The largest absolute Gasteiger partial charge is 0.479 e. The molecular weight excluding hydrogens is 240 g/mol. The Labute approximate surface area is 113 Å². The molecule has 1 aliphatic carbocycles. The second-order valence-corrected chi connectivity index (χ2v) is 5.83. The smallest absolute Gasteiger partial charge is 0.330 e. The molecule has 0 spiro atoms. The summed E-state index contributed by atoms with van der Waals surface area (Å²) in [7, 11) is 0. The molecule has 1 aromatic carbocycles. The molecule has 1 atom stereocenters. The quantitative estimate of drug-likeness (QED) is 0.870. The van der Waals surface area contributed by atoms with Gasteiger partial charge >= 0.3 is 5.97 Å². The Morgan fingerprint density at radius 3 is 2.63 bits per heavy atom. The highest BCUT2D eigenvalue weighted by molar-refractivity contribution is 5.83. The minimum Gasteiger partial charge on any atom is -0.479 e. The molecule has 0 bridgehead atoms. The summed E-state index contributed by atoms with van der Waals surface area (Å²) in [6.07, 6.45) is 3.12. The average Bonchev–Trinajstić information content (AvgIpc) is 3.14. The number of rotatable bonds is 4. The lowest BCUT2D eigenvalue weighted by Gasteiger charge is -2.27. The van der Waals surface area contributed by atoms with Crippen LogP contribution in [0.2, 0.25) is 0 Å². The van der Waals surface area contributed by atoms with Gasteiger partial charge in [-0.25, -0.2) is 4.79 Å². The molecule has 1 saturated heterocycles. The topological polar surface area (TPSA) is 52.6 Å². The number of hydrogen-bond donors (Lipinski definition) is 2. The Kier molecular flexibility index (Phi) is 2.97. The van der Waals surface area contributed by atoms with Crippen molar-refractivity contribution >= 4 is 11.7 Å². The zero-order valence-corrected chi connectivity index (χ0v) is 11.2. The lowest BCUT2D eigenvalue weighted by atomic mass is 9.98. The van der Waals surface area contributed by atoms with Gasteiger partial charge in [-0.1, -0.05) is 17.7 Å². The lowest BCUT2D eigenvalue weighted by Crippen LogP contribution is -2.49. The SMILES string of the molecule is Cc1ccc(NC2(C(=O)O)CCN(C3CC3)C2)cc1. The van der Waals surface area contributed by atoms with Crippen LogP contribution in [-0.2, 0) is 4.79 Å². The summed E-state index contributed by atoms with van der Waals surface area (Å²) in [6.45, 7) is 3.53. The number of likely N-dealkylation sites (tertiary alicyclic amines) is 1. The van der Waals surface area contributed by atoms with Crippen molar-refractivity contribution in [2.75, 3.05) is 18.4 Å². The molecule has 4 heteroatoms. The number of carboxylic acids is 1. The number of aliphatic carboxylic acids is 1. The summed E-state index contributed by atoms with van der Waals surface area (Å²) in [4.78, 5) is 14.0. The predicted octanol–water partition coefficient (Wildman–Crippen LogP) is 2.10. The summed E-state index contributed by atoms with van der Waals surface area (Å²) in [5.41, 5.74) is 1.25. The van der Waals surface area contributed by atoms with Crippen LogP contribution >= 0.6 is 0 Å². The van der Waals surface area contributed by atoms with Crippen LogP contribution < -0.4 is 5.32 Å². The molecule has 1 unspecified atom stereocenters. The lowest BCUT2D eigenvalue weighted by molar-refractivity contribution is -0.141. The van der Waals surface area contributed by atoms with E-state index in [1.807, 2.05) is 31.2 Å². The molecule has 2 aliphatic rings. The first-order valence-electron chi connectivity index (χ1n) is 6.91. The van der Waals surface area contributed by atoms with Gasteiger partial charge in [0, 0.05) is 24.8 Å². The minimum absolute atomic E-state index is 0.612. The van der Waals surface area contributed by atoms with Crippen molar-refractivity contribution in [3.8, 4) is 0 Å². The van der Waals surface area contributed by atoms with E-state index in [0.29, 0.717) is 19.0 Å². The van der Waals surface area contributed by atoms with Crippen molar-refractivity contribution in [2.24, 2.45) is 0 Å². The highest BCUT2D eigenvalue weighted by Gasteiger charge is 2.48. The van der Waals surface area contributed by atoms with Gasteiger partial charge in [0.25, 0.3) is 0 Å². The van der Waals surface area contributed by atoms with Crippen molar-refractivity contribution in [1.29, 1.82) is 0 Å². The van der Waals surface area contributed by atoms with Gasteiger partial charge in [0.15, 0.2) is 0 Å². The Morgan fingerprint density at radius 2 is 2.05 bits per heavy atom. The number of benzene rings is 1. The van der Waals surface area contributed by atoms with Gasteiger partial charge in [-0.2, -0.15) is 0 Å². The van der Waals surface area contributed by atoms with E-state index < -0.39 is 11.5 Å². The van der Waals surface area contributed by atoms with Crippen LogP contribution in [-0.4, -0.2) is 40.6 Å². The third kappa shape index (κ3) is 2.45. The Morgan fingerprint density at radius 1 is 1.37 bits per heavy atom. The molecule has 4 nitrogen and oxygen atoms in total. The van der Waals surface area contributed by atoms with E-state index in [0.717, 1.165) is 12.2 Å². The van der Waals surface area contributed by atoms with Gasteiger partial charge in [-0.15, -0.1) is 0 Å². The minimum atomic E-state index is -0.822. The monoisotopic (exact) mass is 260 g/mol. The second-order valence-electron chi connectivity index (χ2n) is 5.83. The highest BCUT2D eigenvalue weighted by Crippen LogP contribution is 2.35. The van der Waals surface area contributed by atoms with Crippen LogP contribution in [0.3, 0.4) is 0 Å². The van der Waals surface area contributed by atoms with E-state index in [2.05, 4.69) is 10.2 Å². The van der Waals surface area contributed by atoms with Crippen molar-refractivity contribution < 1.29 is 9.90 Å². The maximum atomic E-state index is 11.7. The van der Waals surface area contributed by atoms with Crippen LogP contribution in [0.5, 0.6) is 0 Å². The Balaban J connectivity index is 1.77. The first kappa shape index (κ1) is 12.5. The van der Waals surface area contributed by atoms with Gasteiger partial charge in [0.05, 0.1) is 0 Å². The number of carbonyl (C=O) groups is 1. The summed E-state index contributed by atoms with van der Waals surface area (Å²) in [5, 5.41) is 12.9. The first-order chi connectivity index (χ1) is 9.09. The molecule has 2 fully saturated rings. The molecule has 19 heavy (non-hydrogen) atoms. The van der Waals surface area contributed by atoms with Gasteiger partial charge < -0.3 is 10.4 Å². The van der Waals surface area contributed by atoms with Gasteiger partial charge in [0.2, 0.25) is 0 Å². The number of nitrogens with one attached hydrogen (secondary N) is 1. The average molecular weight is 260 g/mol. The fourth-order valence-electron chi connectivity index (χ4n) is 2.83. The zero-order valence-electron chi connectivity index (χ0n) is 11.2. The van der Waals surface area contributed by atoms with Crippen LogP contribution in [0.25, 0.3) is 0 Å². The fraction of sp³-hybridized carbons (Fsp3) is 0.533. The van der Waals surface area contributed by atoms with E-state index in [1.54, 1.807) is 0 Å². The van der Waals surface area contributed by atoms with Gasteiger partial charge in [0.1, 0.15) is 5.54 Å². The molecule has 3 rings (SSSR count). The molecule has 1 saturated carbocycles. The van der Waals surface area contributed by atoms with Gasteiger partial charge in [-0.3, -0.25) is 4.90 Å². The molecule has 0 radical (unpaired) electrons. The maximum absolute atomic E-state index is 11.7. The normalized spacial score (nSPS) is 27.4.